The van der Waals surface area contributed by atoms with Crippen molar-refractivity contribution in [2.24, 2.45) is 0 Å². The van der Waals surface area contributed by atoms with Gasteiger partial charge in [0.15, 0.2) is 0 Å². The number of aromatic nitrogens is 2. The maximum Gasteiger partial charge on any atom is 0.271 e. The van der Waals surface area contributed by atoms with Gasteiger partial charge in [0.05, 0.1) is 12.4 Å². The Morgan fingerprint density at radius 3 is 2.44 bits per heavy atom. The first-order valence-electron chi connectivity index (χ1n) is 6.71. The minimum absolute atomic E-state index is 0.104. The molecular weight excluding hydrogens is 228 g/mol. The van der Waals surface area contributed by atoms with Crippen LogP contribution in [0.25, 0.3) is 0 Å². The fourth-order valence-electron chi connectivity index (χ4n) is 2.29. The lowest BCUT2D eigenvalue weighted by molar-refractivity contribution is 0.0932. The predicted octanol–water partition coefficient (Wildman–Crippen LogP) is 1.72. The zero-order valence-corrected chi connectivity index (χ0v) is 10.4. The third-order valence-corrected chi connectivity index (χ3v) is 3.50. The van der Waals surface area contributed by atoms with Crippen LogP contribution in [0, 0.1) is 0 Å². The van der Waals surface area contributed by atoms with E-state index in [-0.39, 0.29) is 5.91 Å². The average molecular weight is 246 g/mol. The number of hydrogen-bond donors (Lipinski definition) is 2. The maximum absolute atomic E-state index is 11.9. The number of amides is 1. The van der Waals surface area contributed by atoms with Crippen molar-refractivity contribution in [3.8, 4) is 0 Å². The highest BCUT2D eigenvalue weighted by molar-refractivity contribution is 5.92. The first kappa shape index (κ1) is 11.4. The van der Waals surface area contributed by atoms with Crippen LogP contribution in [-0.2, 0) is 0 Å². The van der Waals surface area contributed by atoms with E-state index in [0.29, 0.717) is 17.8 Å². The van der Waals surface area contributed by atoms with Crippen molar-refractivity contribution < 1.29 is 4.79 Å². The molecule has 1 aromatic rings. The van der Waals surface area contributed by atoms with Crippen LogP contribution in [0.2, 0.25) is 0 Å². The Labute approximate surface area is 106 Å². The van der Waals surface area contributed by atoms with Crippen molar-refractivity contribution >= 4 is 11.7 Å². The van der Waals surface area contributed by atoms with E-state index < -0.39 is 0 Å². The zero-order chi connectivity index (χ0) is 12.4. The number of carbonyl (C=O) groups is 1. The van der Waals surface area contributed by atoms with E-state index in [1.165, 1.54) is 25.7 Å². The molecule has 2 fully saturated rings. The lowest BCUT2D eigenvalue weighted by Gasteiger charge is -2.11. The molecule has 0 atom stereocenters. The van der Waals surface area contributed by atoms with E-state index in [1.54, 1.807) is 12.4 Å². The van der Waals surface area contributed by atoms with Gasteiger partial charge in [0.25, 0.3) is 5.91 Å². The lowest BCUT2D eigenvalue weighted by Crippen LogP contribution is -2.33. The fraction of sp³-hybridized carbons (Fsp3) is 0.615. The van der Waals surface area contributed by atoms with Crippen LogP contribution < -0.4 is 10.6 Å². The molecule has 1 amide bonds. The predicted molar refractivity (Wildman–Crippen MR) is 68.4 cm³/mol. The first-order chi connectivity index (χ1) is 8.81. The summed E-state index contributed by atoms with van der Waals surface area (Å²) in [6, 6.07) is 0.876. The summed E-state index contributed by atoms with van der Waals surface area (Å²) in [6.07, 6.45) is 10.2. The van der Waals surface area contributed by atoms with Gasteiger partial charge in [-0.1, -0.05) is 12.8 Å². The standard InChI is InChI=1S/C13H18N4O/c18-13(17-9-3-1-2-4-9)11-7-15-12(8-14-11)16-10-5-6-10/h7-10H,1-6H2,(H,15,16)(H,17,18). The maximum atomic E-state index is 11.9. The molecule has 3 rings (SSSR count). The van der Waals surface area contributed by atoms with Gasteiger partial charge in [-0.3, -0.25) is 4.79 Å². The van der Waals surface area contributed by atoms with Crippen LogP contribution >= 0.6 is 0 Å². The minimum Gasteiger partial charge on any atom is -0.366 e. The topological polar surface area (TPSA) is 66.9 Å². The second-order valence-electron chi connectivity index (χ2n) is 5.16. The number of nitrogens with zero attached hydrogens (tertiary/aromatic N) is 2. The molecule has 0 saturated heterocycles. The molecule has 5 nitrogen and oxygen atoms in total. The molecule has 2 aliphatic carbocycles. The molecule has 2 N–H and O–H groups in total. The Kier molecular flexibility index (Phi) is 3.13. The van der Waals surface area contributed by atoms with Gasteiger partial charge in [0.2, 0.25) is 0 Å². The minimum atomic E-state index is -0.104. The van der Waals surface area contributed by atoms with E-state index in [2.05, 4.69) is 20.6 Å². The third-order valence-electron chi connectivity index (χ3n) is 3.50. The van der Waals surface area contributed by atoms with Gasteiger partial charge in [-0.05, 0) is 25.7 Å². The molecule has 0 bridgehead atoms. The Bertz CT molecular complexity index is 421. The van der Waals surface area contributed by atoms with Gasteiger partial charge < -0.3 is 10.6 Å². The first-order valence-corrected chi connectivity index (χ1v) is 6.71. The monoisotopic (exact) mass is 246 g/mol. The largest absolute Gasteiger partial charge is 0.366 e. The smallest absolute Gasteiger partial charge is 0.271 e. The summed E-state index contributed by atoms with van der Waals surface area (Å²) in [6.45, 7) is 0. The Morgan fingerprint density at radius 2 is 1.83 bits per heavy atom. The van der Waals surface area contributed by atoms with Crippen molar-refractivity contribution in [1.82, 2.24) is 15.3 Å². The Balaban J connectivity index is 1.58. The molecular formula is C13H18N4O. The number of anilines is 1. The van der Waals surface area contributed by atoms with E-state index in [1.807, 2.05) is 0 Å². The van der Waals surface area contributed by atoms with Crippen LogP contribution in [0.4, 0.5) is 5.82 Å². The highest BCUT2D eigenvalue weighted by Gasteiger charge is 2.22. The zero-order valence-electron chi connectivity index (χ0n) is 10.4. The van der Waals surface area contributed by atoms with Crippen molar-refractivity contribution in [2.45, 2.75) is 50.6 Å². The van der Waals surface area contributed by atoms with E-state index in [0.717, 1.165) is 18.7 Å². The molecule has 2 aliphatic rings. The number of rotatable bonds is 4. The van der Waals surface area contributed by atoms with Crippen molar-refractivity contribution in [2.75, 3.05) is 5.32 Å². The summed E-state index contributed by atoms with van der Waals surface area (Å²) < 4.78 is 0. The molecule has 2 saturated carbocycles. The van der Waals surface area contributed by atoms with Crippen molar-refractivity contribution in [1.29, 1.82) is 0 Å². The van der Waals surface area contributed by atoms with Gasteiger partial charge >= 0.3 is 0 Å². The second kappa shape index (κ2) is 4.92. The van der Waals surface area contributed by atoms with E-state index in [4.69, 9.17) is 0 Å². The summed E-state index contributed by atoms with van der Waals surface area (Å²) in [5, 5.41) is 6.26. The number of hydrogen-bond acceptors (Lipinski definition) is 4. The third kappa shape index (κ3) is 2.78. The van der Waals surface area contributed by atoms with E-state index in [9.17, 15) is 4.79 Å². The van der Waals surface area contributed by atoms with Gasteiger partial charge in [-0.25, -0.2) is 9.97 Å². The molecule has 5 heteroatoms. The summed E-state index contributed by atoms with van der Waals surface area (Å²) in [7, 11) is 0. The highest BCUT2D eigenvalue weighted by atomic mass is 16.1. The lowest BCUT2D eigenvalue weighted by atomic mass is 10.2. The second-order valence-corrected chi connectivity index (χ2v) is 5.16. The van der Waals surface area contributed by atoms with Crippen LogP contribution in [0.5, 0.6) is 0 Å². The molecule has 1 aromatic heterocycles. The van der Waals surface area contributed by atoms with E-state index >= 15 is 0 Å². The van der Waals surface area contributed by atoms with Gasteiger partial charge in [-0.15, -0.1) is 0 Å². The summed E-state index contributed by atoms with van der Waals surface area (Å²) >= 11 is 0. The molecule has 0 unspecified atom stereocenters. The van der Waals surface area contributed by atoms with Gasteiger partial charge in [0.1, 0.15) is 11.5 Å². The summed E-state index contributed by atoms with van der Waals surface area (Å²) in [5.41, 5.74) is 0.406. The molecule has 0 aliphatic heterocycles. The Hall–Kier alpha value is -1.65. The van der Waals surface area contributed by atoms with Crippen LogP contribution in [0.3, 0.4) is 0 Å². The molecule has 1 heterocycles. The van der Waals surface area contributed by atoms with Crippen molar-refractivity contribution in [3.63, 3.8) is 0 Å². The van der Waals surface area contributed by atoms with Crippen molar-refractivity contribution in [3.05, 3.63) is 18.1 Å². The number of carbonyl (C=O) groups excluding carboxylic acids is 1. The Morgan fingerprint density at radius 1 is 1.06 bits per heavy atom. The van der Waals surface area contributed by atoms with Crippen LogP contribution in [0.15, 0.2) is 12.4 Å². The van der Waals surface area contributed by atoms with Gasteiger partial charge in [-0.2, -0.15) is 0 Å². The molecule has 18 heavy (non-hydrogen) atoms. The summed E-state index contributed by atoms with van der Waals surface area (Å²) in [4.78, 5) is 20.3. The SMILES string of the molecule is O=C(NC1CCCC1)c1cnc(NC2CC2)cn1. The molecule has 0 spiro atoms. The van der Waals surface area contributed by atoms with Gasteiger partial charge in [0, 0.05) is 12.1 Å². The van der Waals surface area contributed by atoms with Crippen LogP contribution in [0.1, 0.15) is 49.0 Å². The average Bonchev–Trinajstić information content (AvgIpc) is 3.04. The highest BCUT2D eigenvalue weighted by Crippen LogP contribution is 2.23. The van der Waals surface area contributed by atoms with Crippen LogP contribution in [-0.4, -0.2) is 28.0 Å². The quantitative estimate of drug-likeness (QED) is 0.849. The fourth-order valence-corrected chi connectivity index (χ4v) is 2.29. The molecule has 0 radical (unpaired) electrons. The normalized spacial score (nSPS) is 19.8. The molecule has 96 valence electrons. The number of nitrogens with one attached hydrogen (secondary N) is 2. The summed E-state index contributed by atoms with van der Waals surface area (Å²) in [5.74, 6) is 0.655. The molecule has 0 aromatic carbocycles.